The fourth-order valence-electron chi connectivity index (χ4n) is 1.94. The summed E-state index contributed by atoms with van der Waals surface area (Å²) in [6.07, 6.45) is 1.78. The van der Waals surface area contributed by atoms with Crippen LogP contribution in [0.3, 0.4) is 0 Å². The van der Waals surface area contributed by atoms with Crippen molar-refractivity contribution in [1.29, 1.82) is 0 Å². The maximum Gasteiger partial charge on any atom is 0.138 e. The van der Waals surface area contributed by atoms with Gasteiger partial charge < -0.3 is 4.74 Å². The molecule has 0 radical (unpaired) electrons. The molecule has 0 spiro atoms. The first-order valence-corrected chi connectivity index (χ1v) is 6.06. The smallest absolute Gasteiger partial charge is 0.138 e. The van der Waals surface area contributed by atoms with Crippen LogP contribution in [0.5, 0.6) is 0 Å². The Morgan fingerprint density at radius 1 is 1.29 bits per heavy atom. The number of carbonyl (C=O) groups is 1. The second kappa shape index (κ2) is 5.97. The molecular weight excluding hydrogens is 212 g/mol. The van der Waals surface area contributed by atoms with Gasteiger partial charge in [-0.1, -0.05) is 44.2 Å². The SMILES string of the molecule is COC(CCc1ccccc1)C(C)(C)C(C)=O. The molecule has 0 aliphatic heterocycles. The van der Waals surface area contributed by atoms with Gasteiger partial charge in [0.25, 0.3) is 0 Å². The van der Waals surface area contributed by atoms with Crippen molar-refractivity contribution in [3.63, 3.8) is 0 Å². The zero-order valence-corrected chi connectivity index (χ0v) is 11.2. The lowest BCUT2D eigenvalue weighted by molar-refractivity contribution is -0.132. The van der Waals surface area contributed by atoms with Gasteiger partial charge in [-0.2, -0.15) is 0 Å². The highest BCUT2D eigenvalue weighted by molar-refractivity contribution is 5.82. The Balaban J connectivity index is 2.63. The van der Waals surface area contributed by atoms with Crippen molar-refractivity contribution in [3.05, 3.63) is 35.9 Å². The molecule has 2 heteroatoms. The van der Waals surface area contributed by atoms with Crippen LogP contribution < -0.4 is 0 Å². The van der Waals surface area contributed by atoms with Gasteiger partial charge in [-0.25, -0.2) is 0 Å². The Morgan fingerprint density at radius 2 is 1.88 bits per heavy atom. The van der Waals surface area contributed by atoms with Gasteiger partial charge >= 0.3 is 0 Å². The van der Waals surface area contributed by atoms with Crippen LogP contribution in [0, 0.1) is 5.41 Å². The van der Waals surface area contributed by atoms with Crippen molar-refractivity contribution in [3.8, 4) is 0 Å². The second-order valence-corrected chi connectivity index (χ2v) is 5.03. The number of methoxy groups -OCH3 is 1. The predicted octanol–water partition coefficient (Wildman–Crippen LogP) is 3.25. The first-order chi connectivity index (χ1) is 7.98. The number of carbonyl (C=O) groups excluding carboxylic acids is 1. The van der Waals surface area contributed by atoms with Gasteiger partial charge in [0, 0.05) is 12.5 Å². The van der Waals surface area contributed by atoms with Crippen molar-refractivity contribution in [1.82, 2.24) is 0 Å². The summed E-state index contributed by atoms with van der Waals surface area (Å²) in [4.78, 5) is 11.6. The zero-order valence-electron chi connectivity index (χ0n) is 11.2. The van der Waals surface area contributed by atoms with E-state index in [9.17, 15) is 4.79 Å². The van der Waals surface area contributed by atoms with Gasteiger partial charge in [0.2, 0.25) is 0 Å². The molecule has 0 fully saturated rings. The Hall–Kier alpha value is -1.15. The second-order valence-electron chi connectivity index (χ2n) is 5.03. The number of hydrogen-bond donors (Lipinski definition) is 0. The average Bonchev–Trinajstić information content (AvgIpc) is 2.30. The number of hydrogen-bond acceptors (Lipinski definition) is 2. The van der Waals surface area contributed by atoms with Crippen LogP contribution in [0.15, 0.2) is 30.3 Å². The molecule has 2 nitrogen and oxygen atoms in total. The molecule has 1 aromatic rings. The summed E-state index contributed by atoms with van der Waals surface area (Å²) in [6, 6.07) is 10.3. The number of aryl methyl sites for hydroxylation is 1. The molecule has 1 aromatic carbocycles. The highest BCUT2D eigenvalue weighted by atomic mass is 16.5. The summed E-state index contributed by atoms with van der Waals surface area (Å²) >= 11 is 0. The van der Waals surface area contributed by atoms with Crippen LogP contribution >= 0.6 is 0 Å². The first-order valence-electron chi connectivity index (χ1n) is 6.06. The lowest BCUT2D eigenvalue weighted by atomic mass is 9.80. The monoisotopic (exact) mass is 234 g/mol. The quantitative estimate of drug-likeness (QED) is 0.755. The van der Waals surface area contributed by atoms with Crippen molar-refractivity contribution in [2.45, 2.75) is 39.7 Å². The molecule has 1 rings (SSSR count). The van der Waals surface area contributed by atoms with Crippen LogP contribution in [0.25, 0.3) is 0 Å². The minimum absolute atomic E-state index is 0.0276. The maximum absolute atomic E-state index is 11.6. The topological polar surface area (TPSA) is 26.3 Å². The van der Waals surface area contributed by atoms with Gasteiger partial charge in [-0.05, 0) is 25.3 Å². The van der Waals surface area contributed by atoms with E-state index in [2.05, 4.69) is 12.1 Å². The van der Waals surface area contributed by atoms with Crippen LogP contribution in [-0.2, 0) is 16.0 Å². The van der Waals surface area contributed by atoms with E-state index in [1.807, 2.05) is 32.0 Å². The molecule has 1 unspecified atom stereocenters. The molecule has 0 aliphatic rings. The molecule has 0 bridgehead atoms. The molecule has 0 heterocycles. The Kier molecular flexibility index (Phi) is 4.88. The largest absolute Gasteiger partial charge is 0.380 e. The van der Waals surface area contributed by atoms with Crippen LogP contribution in [0.2, 0.25) is 0 Å². The number of benzene rings is 1. The van der Waals surface area contributed by atoms with Crippen LogP contribution in [0.4, 0.5) is 0 Å². The summed E-state index contributed by atoms with van der Waals surface area (Å²) in [6.45, 7) is 5.54. The van der Waals surface area contributed by atoms with E-state index >= 15 is 0 Å². The minimum Gasteiger partial charge on any atom is -0.380 e. The molecule has 0 N–H and O–H groups in total. The van der Waals surface area contributed by atoms with E-state index < -0.39 is 5.41 Å². The number of Topliss-reactive ketones (excluding diaryl/α,β-unsaturated/α-hetero) is 1. The fourth-order valence-corrected chi connectivity index (χ4v) is 1.94. The first kappa shape index (κ1) is 13.9. The molecule has 1 atom stereocenters. The predicted molar refractivity (Wildman–Crippen MR) is 70.0 cm³/mol. The van der Waals surface area contributed by atoms with Crippen molar-refractivity contribution < 1.29 is 9.53 Å². The van der Waals surface area contributed by atoms with Gasteiger partial charge in [0.05, 0.1) is 6.10 Å². The Morgan fingerprint density at radius 3 is 2.35 bits per heavy atom. The summed E-state index contributed by atoms with van der Waals surface area (Å²) < 4.78 is 5.48. The molecule has 0 saturated carbocycles. The van der Waals surface area contributed by atoms with E-state index in [-0.39, 0.29) is 11.9 Å². The van der Waals surface area contributed by atoms with Crippen molar-refractivity contribution in [2.24, 2.45) is 5.41 Å². The Bertz CT molecular complexity index is 354. The highest BCUT2D eigenvalue weighted by Crippen LogP contribution is 2.27. The fraction of sp³-hybridized carbons (Fsp3) is 0.533. The van der Waals surface area contributed by atoms with Gasteiger partial charge in [-0.3, -0.25) is 4.79 Å². The number of ether oxygens (including phenoxy) is 1. The molecule has 17 heavy (non-hydrogen) atoms. The maximum atomic E-state index is 11.6. The van der Waals surface area contributed by atoms with E-state index in [1.165, 1.54) is 5.56 Å². The van der Waals surface area contributed by atoms with Crippen molar-refractivity contribution >= 4 is 5.78 Å². The molecule has 0 amide bonds. The van der Waals surface area contributed by atoms with Gasteiger partial charge in [0.1, 0.15) is 5.78 Å². The molecule has 0 aliphatic carbocycles. The van der Waals surface area contributed by atoms with Crippen LogP contribution in [0.1, 0.15) is 32.8 Å². The van der Waals surface area contributed by atoms with E-state index in [1.54, 1.807) is 14.0 Å². The third-order valence-electron chi connectivity index (χ3n) is 3.53. The summed E-state index contributed by atoms with van der Waals surface area (Å²) in [5.74, 6) is 0.178. The highest BCUT2D eigenvalue weighted by Gasteiger charge is 2.33. The lowest BCUT2D eigenvalue weighted by Crippen LogP contribution is -2.37. The van der Waals surface area contributed by atoms with E-state index in [0.29, 0.717) is 0 Å². The standard InChI is InChI=1S/C15H22O2/c1-12(16)15(2,3)14(17-4)11-10-13-8-6-5-7-9-13/h5-9,14H,10-11H2,1-4H3. The minimum atomic E-state index is -0.413. The third kappa shape index (κ3) is 3.67. The average molecular weight is 234 g/mol. The van der Waals surface area contributed by atoms with Crippen molar-refractivity contribution in [2.75, 3.05) is 7.11 Å². The molecule has 0 aromatic heterocycles. The molecular formula is C15H22O2. The van der Waals surface area contributed by atoms with Gasteiger partial charge in [-0.15, -0.1) is 0 Å². The molecule has 0 saturated heterocycles. The third-order valence-corrected chi connectivity index (χ3v) is 3.53. The number of ketones is 1. The lowest BCUT2D eigenvalue weighted by Gasteiger charge is -2.30. The molecule has 94 valence electrons. The van der Waals surface area contributed by atoms with E-state index in [4.69, 9.17) is 4.74 Å². The summed E-state index contributed by atoms with van der Waals surface area (Å²) in [5.41, 5.74) is 0.873. The van der Waals surface area contributed by atoms with Crippen LogP contribution in [-0.4, -0.2) is 19.0 Å². The zero-order chi connectivity index (χ0) is 12.9. The van der Waals surface area contributed by atoms with Gasteiger partial charge in [0.15, 0.2) is 0 Å². The summed E-state index contributed by atoms with van der Waals surface area (Å²) in [7, 11) is 1.68. The Labute approximate surface area is 104 Å². The van der Waals surface area contributed by atoms with E-state index in [0.717, 1.165) is 12.8 Å². The summed E-state index contributed by atoms with van der Waals surface area (Å²) in [5, 5.41) is 0. The normalized spacial score (nSPS) is 13.4. The number of rotatable bonds is 6.